The van der Waals surface area contributed by atoms with Crippen LogP contribution in [0.25, 0.3) is 10.8 Å². The standard InChI is InChI=1S/C22H21N5/c1-14-7-5-11-18(15(14)2)26-21-20(23)22(25-13-24-21)27-19-12-6-9-16-8-3-4-10-17(16)19/h3-13H,23H2,1-2H3,(H2,24,25,26,27). The minimum atomic E-state index is 0.478. The Labute approximate surface area is 158 Å². The average molecular weight is 355 g/mol. The van der Waals surface area contributed by atoms with Crippen LogP contribution in [0.3, 0.4) is 0 Å². The van der Waals surface area contributed by atoms with Crippen LogP contribution in [0, 0.1) is 13.8 Å². The molecule has 3 aromatic carbocycles. The second-order valence-corrected chi connectivity index (χ2v) is 6.51. The predicted octanol–water partition coefficient (Wildman–Crippen LogP) is 5.32. The molecular formula is C22H21N5. The Morgan fingerprint density at radius 2 is 1.37 bits per heavy atom. The van der Waals surface area contributed by atoms with Crippen molar-refractivity contribution in [2.75, 3.05) is 16.4 Å². The number of benzene rings is 3. The van der Waals surface area contributed by atoms with Crippen LogP contribution in [0.2, 0.25) is 0 Å². The van der Waals surface area contributed by atoms with Gasteiger partial charge in [-0.3, -0.25) is 0 Å². The maximum Gasteiger partial charge on any atom is 0.159 e. The van der Waals surface area contributed by atoms with E-state index in [0.717, 1.165) is 22.1 Å². The summed E-state index contributed by atoms with van der Waals surface area (Å²) in [6.07, 6.45) is 1.51. The number of hydrogen-bond acceptors (Lipinski definition) is 5. The van der Waals surface area contributed by atoms with Gasteiger partial charge in [0.15, 0.2) is 11.6 Å². The van der Waals surface area contributed by atoms with E-state index in [-0.39, 0.29) is 0 Å². The number of aromatic nitrogens is 2. The molecule has 0 fully saturated rings. The molecular weight excluding hydrogens is 334 g/mol. The number of nitrogen functional groups attached to an aromatic ring is 1. The molecule has 0 radical (unpaired) electrons. The van der Waals surface area contributed by atoms with Crippen molar-refractivity contribution in [1.82, 2.24) is 9.97 Å². The van der Waals surface area contributed by atoms with Gasteiger partial charge in [-0.15, -0.1) is 0 Å². The summed E-state index contributed by atoms with van der Waals surface area (Å²) in [6.45, 7) is 4.15. The lowest BCUT2D eigenvalue weighted by molar-refractivity contribution is 1.17. The quantitative estimate of drug-likeness (QED) is 0.462. The summed E-state index contributed by atoms with van der Waals surface area (Å²) < 4.78 is 0. The largest absolute Gasteiger partial charge is 0.393 e. The molecule has 0 atom stereocenters. The van der Waals surface area contributed by atoms with Crippen molar-refractivity contribution < 1.29 is 0 Å². The summed E-state index contributed by atoms with van der Waals surface area (Å²) in [5, 5.41) is 8.95. The highest BCUT2D eigenvalue weighted by Crippen LogP contribution is 2.32. The van der Waals surface area contributed by atoms with Gasteiger partial charge in [0.2, 0.25) is 0 Å². The second kappa shape index (κ2) is 6.96. The van der Waals surface area contributed by atoms with Crippen LogP contribution in [-0.2, 0) is 0 Å². The lowest BCUT2D eigenvalue weighted by Crippen LogP contribution is -2.06. The average Bonchev–Trinajstić information content (AvgIpc) is 2.69. The van der Waals surface area contributed by atoms with Gasteiger partial charge >= 0.3 is 0 Å². The molecule has 0 aliphatic carbocycles. The molecule has 5 heteroatoms. The number of nitrogens with one attached hydrogen (secondary N) is 2. The molecule has 0 amide bonds. The summed E-state index contributed by atoms with van der Waals surface area (Å²) >= 11 is 0. The van der Waals surface area contributed by atoms with E-state index in [1.807, 2.05) is 36.4 Å². The molecule has 4 rings (SSSR count). The van der Waals surface area contributed by atoms with Crippen LogP contribution in [0.4, 0.5) is 28.7 Å². The first-order valence-corrected chi connectivity index (χ1v) is 8.82. The van der Waals surface area contributed by atoms with Crippen LogP contribution >= 0.6 is 0 Å². The zero-order chi connectivity index (χ0) is 18.8. The second-order valence-electron chi connectivity index (χ2n) is 6.51. The topological polar surface area (TPSA) is 75.9 Å². The van der Waals surface area contributed by atoms with E-state index < -0.39 is 0 Å². The lowest BCUT2D eigenvalue weighted by Gasteiger charge is -2.15. The van der Waals surface area contributed by atoms with E-state index in [4.69, 9.17) is 5.73 Å². The third-order valence-electron chi connectivity index (χ3n) is 4.78. The van der Waals surface area contributed by atoms with E-state index in [1.54, 1.807) is 0 Å². The number of nitrogens with two attached hydrogens (primary N) is 1. The highest BCUT2D eigenvalue weighted by molar-refractivity contribution is 5.96. The molecule has 134 valence electrons. The van der Waals surface area contributed by atoms with E-state index in [0.29, 0.717) is 17.3 Å². The van der Waals surface area contributed by atoms with Crippen LogP contribution in [0.1, 0.15) is 11.1 Å². The molecule has 0 aliphatic rings. The number of anilines is 5. The van der Waals surface area contributed by atoms with Crippen molar-refractivity contribution >= 4 is 39.5 Å². The Balaban J connectivity index is 1.69. The summed E-state index contributed by atoms with van der Waals surface area (Å²) in [6, 6.07) is 20.4. The number of nitrogens with zero attached hydrogens (tertiary/aromatic N) is 2. The minimum absolute atomic E-state index is 0.478. The summed E-state index contributed by atoms with van der Waals surface area (Å²) in [4.78, 5) is 8.66. The van der Waals surface area contributed by atoms with Crippen molar-refractivity contribution in [1.29, 1.82) is 0 Å². The third kappa shape index (κ3) is 3.27. The summed E-state index contributed by atoms with van der Waals surface area (Å²) in [5.74, 6) is 1.16. The van der Waals surface area contributed by atoms with E-state index in [1.165, 1.54) is 17.5 Å². The van der Waals surface area contributed by atoms with Crippen molar-refractivity contribution in [2.24, 2.45) is 0 Å². The van der Waals surface area contributed by atoms with Gasteiger partial charge in [0.25, 0.3) is 0 Å². The highest BCUT2D eigenvalue weighted by Gasteiger charge is 2.11. The van der Waals surface area contributed by atoms with Gasteiger partial charge in [-0.05, 0) is 42.5 Å². The summed E-state index contributed by atoms with van der Waals surface area (Å²) in [5.41, 5.74) is 11.2. The molecule has 0 spiro atoms. The van der Waals surface area contributed by atoms with Gasteiger partial charge in [-0.2, -0.15) is 0 Å². The van der Waals surface area contributed by atoms with Crippen LogP contribution in [-0.4, -0.2) is 9.97 Å². The Morgan fingerprint density at radius 1 is 0.741 bits per heavy atom. The SMILES string of the molecule is Cc1cccc(Nc2ncnc(Nc3cccc4ccccc34)c2N)c1C. The van der Waals surface area contributed by atoms with Crippen molar-refractivity contribution in [3.8, 4) is 0 Å². The van der Waals surface area contributed by atoms with E-state index >= 15 is 0 Å². The number of fused-ring (bicyclic) bond motifs is 1. The maximum absolute atomic E-state index is 6.36. The molecule has 4 aromatic rings. The summed E-state index contributed by atoms with van der Waals surface area (Å²) in [7, 11) is 0. The number of hydrogen-bond donors (Lipinski definition) is 3. The van der Waals surface area contributed by atoms with Gasteiger partial charge in [0, 0.05) is 16.8 Å². The fraction of sp³-hybridized carbons (Fsp3) is 0.0909. The monoisotopic (exact) mass is 355 g/mol. The van der Waals surface area contributed by atoms with Gasteiger partial charge in [0.1, 0.15) is 12.0 Å². The fourth-order valence-corrected chi connectivity index (χ4v) is 3.07. The first-order valence-electron chi connectivity index (χ1n) is 8.82. The third-order valence-corrected chi connectivity index (χ3v) is 4.78. The molecule has 0 aliphatic heterocycles. The minimum Gasteiger partial charge on any atom is -0.393 e. The zero-order valence-corrected chi connectivity index (χ0v) is 15.3. The Hall–Kier alpha value is -3.60. The van der Waals surface area contributed by atoms with Crippen molar-refractivity contribution in [2.45, 2.75) is 13.8 Å². The predicted molar refractivity (Wildman–Crippen MR) is 113 cm³/mol. The Kier molecular flexibility index (Phi) is 4.34. The van der Waals surface area contributed by atoms with Gasteiger partial charge in [-0.1, -0.05) is 48.5 Å². The van der Waals surface area contributed by atoms with Gasteiger partial charge in [0.05, 0.1) is 0 Å². The zero-order valence-electron chi connectivity index (χ0n) is 15.3. The van der Waals surface area contributed by atoms with Crippen molar-refractivity contribution in [3.05, 3.63) is 78.1 Å². The first kappa shape index (κ1) is 16.8. The normalized spacial score (nSPS) is 10.7. The van der Waals surface area contributed by atoms with Crippen LogP contribution in [0.15, 0.2) is 67.0 Å². The Morgan fingerprint density at radius 3 is 2.19 bits per heavy atom. The molecule has 1 heterocycles. The maximum atomic E-state index is 6.36. The van der Waals surface area contributed by atoms with Crippen LogP contribution in [0.5, 0.6) is 0 Å². The van der Waals surface area contributed by atoms with E-state index in [9.17, 15) is 0 Å². The molecule has 0 saturated heterocycles. The molecule has 1 aromatic heterocycles. The fourth-order valence-electron chi connectivity index (χ4n) is 3.07. The van der Waals surface area contributed by atoms with Crippen LogP contribution < -0.4 is 16.4 Å². The molecule has 0 saturated carbocycles. The highest BCUT2D eigenvalue weighted by atomic mass is 15.1. The Bertz CT molecular complexity index is 1120. The van der Waals surface area contributed by atoms with Gasteiger partial charge < -0.3 is 16.4 Å². The first-order chi connectivity index (χ1) is 13.1. The smallest absolute Gasteiger partial charge is 0.159 e. The van der Waals surface area contributed by atoms with Gasteiger partial charge in [-0.25, -0.2) is 9.97 Å². The molecule has 27 heavy (non-hydrogen) atoms. The molecule has 5 nitrogen and oxygen atoms in total. The lowest BCUT2D eigenvalue weighted by atomic mass is 10.1. The molecule has 4 N–H and O–H groups in total. The molecule has 0 bridgehead atoms. The number of aryl methyl sites for hydroxylation is 1. The molecule has 0 unspecified atom stereocenters. The number of rotatable bonds is 4. The van der Waals surface area contributed by atoms with E-state index in [2.05, 4.69) is 58.7 Å². The van der Waals surface area contributed by atoms with Crippen molar-refractivity contribution in [3.63, 3.8) is 0 Å².